The second-order valence-corrected chi connectivity index (χ2v) is 6.90. The summed E-state index contributed by atoms with van der Waals surface area (Å²) in [5.74, 6) is 0.0264. The van der Waals surface area contributed by atoms with Crippen LogP contribution in [-0.4, -0.2) is 67.1 Å². The van der Waals surface area contributed by atoms with Gasteiger partial charge >= 0.3 is 7.82 Å². The number of likely N-dealkylation sites (N-methyl/N-ethyl adjacent to an activating group) is 1. The molecule has 0 rings (SSSR count). The van der Waals surface area contributed by atoms with Crippen LogP contribution in [0.5, 0.6) is 0 Å². The zero-order chi connectivity index (χ0) is 16.4. The molecule has 0 unspecified atom stereocenters. The Morgan fingerprint density at radius 1 is 1.24 bits per heavy atom. The van der Waals surface area contributed by atoms with Crippen LogP contribution in [0.2, 0.25) is 0 Å². The number of quaternary nitrogens is 1. The number of nitrogens with zero attached hydrogens (tertiary/aromatic N) is 1. The van der Waals surface area contributed by atoms with Crippen LogP contribution in [-0.2, 0) is 13.9 Å². The molecule has 0 aliphatic rings. The van der Waals surface area contributed by atoms with Gasteiger partial charge in [0.05, 0.1) is 27.2 Å². The van der Waals surface area contributed by atoms with Crippen molar-refractivity contribution in [3.05, 3.63) is 0 Å². The lowest BCUT2D eigenvalue weighted by Crippen LogP contribution is -2.47. The first kappa shape index (κ1) is 20.5. The molecule has 0 spiro atoms. The van der Waals surface area contributed by atoms with E-state index in [9.17, 15) is 9.36 Å². The van der Waals surface area contributed by atoms with Crippen LogP contribution in [0.4, 0.5) is 0 Å². The van der Waals surface area contributed by atoms with E-state index in [0.29, 0.717) is 37.1 Å². The van der Waals surface area contributed by atoms with Gasteiger partial charge < -0.3 is 25.3 Å². The van der Waals surface area contributed by atoms with E-state index < -0.39 is 7.82 Å². The predicted octanol–water partition coefficient (Wildman–Crippen LogP) is -0.193. The average molecular weight is 326 g/mol. The van der Waals surface area contributed by atoms with Gasteiger partial charge in [0.15, 0.2) is 0 Å². The van der Waals surface area contributed by atoms with Crippen molar-refractivity contribution in [1.29, 1.82) is 0 Å². The molecular formula is C12H29N3O5P+. The molecule has 0 aromatic carbocycles. The Kier molecular flexibility index (Phi) is 10.0. The summed E-state index contributed by atoms with van der Waals surface area (Å²) in [5, 5.41) is 2.84. The van der Waals surface area contributed by atoms with E-state index in [0.717, 1.165) is 19.3 Å². The third-order valence-electron chi connectivity index (χ3n) is 3.10. The molecule has 0 aliphatic heterocycles. The number of unbranched alkanes of at least 4 members (excludes halogenated alkanes) is 2. The Morgan fingerprint density at radius 2 is 1.90 bits per heavy atom. The number of phosphoric ester groups is 1. The lowest BCUT2D eigenvalue weighted by molar-refractivity contribution is -0.889. The summed E-state index contributed by atoms with van der Waals surface area (Å²) in [6, 6.07) is 0. The zero-order valence-electron chi connectivity index (χ0n) is 13.0. The number of hydrogen-bond donors (Lipinski definition) is 4. The van der Waals surface area contributed by atoms with Crippen LogP contribution >= 0.6 is 7.82 Å². The molecule has 126 valence electrons. The van der Waals surface area contributed by atoms with E-state index in [4.69, 9.17) is 15.5 Å². The molecule has 5 N–H and O–H groups in total. The number of rotatable bonds is 12. The lowest BCUT2D eigenvalue weighted by atomic mass is 10.2. The number of carbonyl (C=O) groups is 1. The molecule has 0 heterocycles. The SMILES string of the molecule is C[N+](C)(CCNC(=O)CCCCCN)CCOP(=O)(O)O. The van der Waals surface area contributed by atoms with Gasteiger partial charge in [0, 0.05) is 6.42 Å². The van der Waals surface area contributed by atoms with Crippen molar-refractivity contribution < 1.29 is 28.2 Å². The zero-order valence-corrected chi connectivity index (χ0v) is 13.8. The summed E-state index contributed by atoms with van der Waals surface area (Å²) in [4.78, 5) is 28.8. The quantitative estimate of drug-likeness (QED) is 0.224. The number of nitrogens with one attached hydrogen (secondary N) is 1. The van der Waals surface area contributed by atoms with Crippen LogP contribution in [0.1, 0.15) is 25.7 Å². The van der Waals surface area contributed by atoms with Crippen molar-refractivity contribution >= 4 is 13.7 Å². The van der Waals surface area contributed by atoms with Crippen molar-refractivity contribution in [1.82, 2.24) is 5.32 Å². The second kappa shape index (κ2) is 10.3. The standard InChI is InChI=1S/C12H28N3O5P/c1-15(2,10-11-20-21(17,18)19)9-8-14-12(16)6-4-3-5-7-13/h3-11,13H2,1-2H3,(H2-,14,16,17,18,19)/p+1. The molecule has 0 bridgehead atoms. The largest absolute Gasteiger partial charge is 0.469 e. The number of nitrogens with two attached hydrogens (primary N) is 1. The number of amides is 1. The van der Waals surface area contributed by atoms with Crippen molar-refractivity contribution in [3.63, 3.8) is 0 Å². The maximum absolute atomic E-state index is 11.6. The van der Waals surface area contributed by atoms with Gasteiger partial charge in [-0.2, -0.15) is 0 Å². The molecule has 0 aliphatic carbocycles. The first-order chi connectivity index (χ1) is 9.66. The topological polar surface area (TPSA) is 122 Å². The molecule has 9 heteroatoms. The van der Waals surface area contributed by atoms with Gasteiger partial charge in [-0.3, -0.25) is 9.32 Å². The van der Waals surface area contributed by atoms with E-state index in [1.807, 2.05) is 14.1 Å². The minimum absolute atomic E-state index is 0.0235. The van der Waals surface area contributed by atoms with Crippen molar-refractivity contribution in [2.45, 2.75) is 25.7 Å². The third-order valence-corrected chi connectivity index (χ3v) is 3.62. The van der Waals surface area contributed by atoms with Crippen molar-refractivity contribution in [3.8, 4) is 0 Å². The van der Waals surface area contributed by atoms with E-state index in [1.165, 1.54) is 0 Å². The Morgan fingerprint density at radius 3 is 2.48 bits per heavy atom. The minimum atomic E-state index is -4.40. The molecule has 21 heavy (non-hydrogen) atoms. The van der Waals surface area contributed by atoms with Crippen molar-refractivity contribution in [2.24, 2.45) is 5.73 Å². The third kappa shape index (κ3) is 14.2. The predicted molar refractivity (Wildman–Crippen MR) is 80.4 cm³/mol. The maximum Gasteiger partial charge on any atom is 0.469 e. The Balaban J connectivity index is 3.73. The van der Waals surface area contributed by atoms with Crippen LogP contribution in [0, 0.1) is 0 Å². The monoisotopic (exact) mass is 326 g/mol. The van der Waals surface area contributed by atoms with Gasteiger partial charge in [-0.1, -0.05) is 6.42 Å². The molecule has 0 saturated heterocycles. The van der Waals surface area contributed by atoms with Gasteiger partial charge in [0.2, 0.25) is 5.91 Å². The number of hydrogen-bond acceptors (Lipinski definition) is 4. The highest BCUT2D eigenvalue weighted by Crippen LogP contribution is 2.35. The molecule has 8 nitrogen and oxygen atoms in total. The van der Waals surface area contributed by atoms with Gasteiger partial charge in [0.25, 0.3) is 0 Å². The van der Waals surface area contributed by atoms with Gasteiger partial charge in [0.1, 0.15) is 13.2 Å². The van der Waals surface area contributed by atoms with Crippen molar-refractivity contribution in [2.75, 3.05) is 46.9 Å². The van der Waals surface area contributed by atoms with E-state index in [1.54, 1.807) is 0 Å². The molecule has 0 fully saturated rings. The summed E-state index contributed by atoms with van der Waals surface area (Å²) in [6.45, 7) is 2.28. The molecule has 0 atom stereocenters. The Bertz CT molecular complexity index is 346. The van der Waals surface area contributed by atoms with E-state index in [2.05, 4.69) is 9.84 Å². The van der Waals surface area contributed by atoms with Gasteiger partial charge in [-0.15, -0.1) is 0 Å². The minimum Gasteiger partial charge on any atom is -0.350 e. The summed E-state index contributed by atoms with van der Waals surface area (Å²) in [6.07, 6.45) is 3.26. The molecular weight excluding hydrogens is 297 g/mol. The second-order valence-electron chi connectivity index (χ2n) is 5.66. The van der Waals surface area contributed by atoms with Gasteiger partial charge in [-0.05, 0) is 19.4 Å². The van der Waals surface area contributed by atoms with E-state index >= 15 is 0 Å². The summed E-state index contributed by atoms with van der Waals surface area (Å²) in [5.41, 5.74) is 5.38. The fourth-order valence-corrected chi connectivity index (χ4v) is 2.03. The molecule has 0 aromatic heterocycles. The maximum atomic E-state index is 11.6. The van der Waals surface area contributed by atoms with Crippen LogP contribution in [0.15, 0.2) is 0 Å². The lowest BCUT2D eigenvalue weighted by Gasteiger charge is -2.29. The number of phosphoric acid groups is 1. The first-order valence-corrected chi connectivity index (χ1v) is 8.68. The Hall–Kier alpha value is -0.500. The van der Waals surface area contributed by atoms with E-state index in [-0.39, 0.29) is 12.5 Å². The fourth-order valence-electron chi connectivity index (χ4n) is 1.71. The molecule has 0 radical (unpaired) electrons. The van der Waals surface area contributed by atoms with Crippen LogP contribution in [0.25, 0.3) is 0 Å². The number of carbonyl (C=O) groups excluding carboxylic acids is 1. The van der Waals surface area contributed by atoms with Gasteiger partial charge in [-0.25, -0.2) is 4.57 Å². The fraction of sp³-hybridized carbons (Fsp3) is 0.917. The average Bonchev–Trinajstić information content (AvgIpc) is 2.32. The summed E-state index contributed by atoms with van der Waals surface area (Å²) < 4.78 is 15.5. The summed E-state index contributed by atoms with van der Waals surface area (Å²) in [7, 11) is -0.574. The summed E-state index contributed by atoms with van der Waals surface area (Å²) >= 11 is 0. The highest BCUT2D eigenvalue weighted by atomic mass is 31.2. The highest BCUT2D eigenvalue weighted by molar-refractivity contribution is 7.46. The normalized spacial score (nSPS) is 12.4. The first-order valence-electron chi connectivity index (χ1n) is 7.15. The highest BCUT2D eigenvalue weighted by Gasteiger charge is 2.19. The molecule has 0 saturated carbocycles. The van der Waals surface area contributed by atoms with Crippen LogP contribution < -0.4 is 11.1 Å². The smallest absolute Gasteiger partial charge is 0.350 e. The van der Waals surface area contributed by atoms with Crippen LogP contribution in [0.3, 0.4) is 0 Å². The molecule has 1 amide bonds. The Labute approximate surface area is 126 Å². The molecule has 0 aromatic rings.